The first-order valence-corrected chi connectivity index (χ1v) is 8.58. The van der Waals surface area contributed by atoms with Gasteiger partial charge in [-0.2, -0.15) is 0 Å². The van der Waals surface area contributed by atoms with E-state index < -0.39 is 28.7 Å². The van der Waals surface area contributed by atoms with Crippen molar-refractivity contribution in [1.82, 2.24) is 4.90 Å². The monoisotopic (exact) mass is 402 g/mol. The molecule has 1 aromatic rings. The standard InChI is InChI=1S/C19H18N2O8/c1-10-15(18(23)27-2)16(11-5-4-6-12(7-11)21(25)26)17(19(24)28-3)13-9-29-14(22)8-20(10)13/h4-7,16H,8-9H2,1-3H3. The fraction of sp³-hybridized carbons (Fsp3) is 0.316. The lowest BCUT2D eigenvalue weighted by Gasteiger charge is -2.40. The number of fused-ring (bicyclic) bond motifs is 1. The highest BCUT2D eigenvalue weighted by atomic mass is 16.6. The van der Waals surface area contributed by atoms with Crippen LogP contribution in [0.4, 0.5) is 5.69 Å². The maximum atomic E-state index is 12.7. The molecule has 0 bridgehead atoms. The number of nitro benzene ring substituents is 1. The Kier molecular flexibility index (Phi) is 5.35. The molecule has 2 aliphatic rings. The van der Waals surface area contributed by atoms with Crippen molar-refractivity contribution < 1.29 is 33.5 Å². The van der Waals surface area contributed by atoms with Crippen LogP contribution in [0.5, 0.6) is 0 Å². The van der Waals surface area contributed by atoms with Crippen LogP contribution in [0, 0.1) is 10.1 Å². The molecule has 1 unspecified atom stereocenters. The van der Waals surface area contributed by atoms with Gasteiger partial charge in [0.25, 0.3) is 5.69 Å². The zero-order valence-corrected chi connectivity index (χ0v) is 16.0. The fourth-order valence-electron chi connectivity index (χ4n) is 3.58. The lowest BCUT2D eigenvalue weighted by molar-refractivity contribution is -0.384. The van der Waals surface area contributed by atoms with E-state index in [-0.39, 0.29) is 30.0 Å². The molecule has 3 rings (SSSR count). The molecule has 0 spiro atoms. The molecule has 0 aromatic heterocycles. The van der Waals surface area contributed by atoms with E-state index in [0.29, 0.717) is 17.0 Å². The number of nitro groups is 1. The highest BCUT2D eigenvalue weighted by molar-refractivity contribution is 6.00. The Labute approximate surface area is 165 Å². The quantitative estimate of drug-likeness (QED) is 0.318. The van der Waals surface area contributed by atoms with E-state index in [1.165, 1.54) is 37.3 Å². The Hall–Kier alpha value is -3.69. The highest BCUT2D eigenvalue weighted by Crippen LogP contribution is 2.44. The van der Waals surface area contributed by atoms with E-state index in [9.17, 15) is 24.5 Å². The topological polar surface area (TPSA) is 125 Å². The normalized spacial score (nSPS) is 18.8. The van der Waals surface area contributed by atoms with E-state index in [0.717, 1.165) is 0 Å². The van der Waals surface area contributed by atoms with Gasteiger partial charge in [-0.15, -0.1) is 0 Å². The number of esters is 3. The molecule has 10 nitrogen and oxygen atoms in total. The molecule has 1 saturated heterocycles. The van der Waals surface area contributed by atoms with Crippen molar-refractivity contribution in [3.8, 4) is 0 Å². The predicted molar refractivity (Wildman–Crippen MR) is 97.3 cm³/mol. The number of cyclic esters (lactones) is 1. The number of ether oxygens (including phenoxy) is 3. The second-order valence-corrected chi connectivity index (χ2v) is 6.37. The zero-order valence-electron chi connectivity index (χ0n) is 16.0. The lowest BCUT2D eigenvalue weighted by Crippen LogP contribution is -2.43. The number of morpholine rings is 1. The summed E-state index contributed by atoms with van der Waals surface area (Å²) in [6.45, 7) is 1.23. The predicted octanol–water partition coefficient (Wildman–Crippen LogP) is 1.42. The molecule has 0 radical (unpaired) electrons. The van der Waals surface area contributed by atoms with Crippen molar-refractivity contribution in [2.24, 2.45) is 0 Å². The first-order valence-electron chi connectivity index (χ1n) is 8.58. The molecule has 29 heavy (non-hydrogen) atoms. The van der Waals surface area contributed by atoms with Crippen molar-refractivity contribution in [2.75, 3.05) is 27.4 Å². The lowest BCUT2D eigenvalue weighted by atomic mass is 9.79. The van der Waals surface area contributed by atoms with Crippen LogP contribution >= 0.6 is 0 Å². The first kappa shape index (κ1) is 20.1. The van der Waals surface area contributed by atoms with Crippen molar-refractivity contribution in [3.05, 3.63) is 62.5 Å². The van der Waals surface area contributed by atoms with Crippen LogP contribution < -0.4 is 0 Å². The minimum atomic E-state index is -0.988. The number of carbonyl (C=O) groups is 3. The van der Waals surface area contributed by atoms with Crippen molar-refractivity contribution >= 4 is 23.6 Å². The van der Waals surface area contributed by atoms with Gasteiger partial charge in [0.1, 0.15) is 13.2 Å². The minimum Gasteiger partial charge on any atom is -0.466 e. The van der Waals surface area contributed by atoms with Crippen molar-refractivity contribution in [3.63, 3.8) is 0 Å². The average molecular weight is 402 g/mol. The molecule has 10 heteroatoms. The molecule has 1 atom stereocenters. The minimum absolute atomic E-state index is 0.0616. The molecule has 0 amide bonds. The Morgan fingerprint density at radius 2 is 1.86 bits per heavy atom. The van der Waals surface area contributed by atoms with Crippen LogP contribution in [0.25, 0.3) is 0 Å². The summed E-state index contributed by atoms with van der Waals surface area (Å²) in [7, 11) is 2.37. The third-order valence-electron chi connectivity index (χ3n) is 4.89. The first-order chi connectivity index (χ1) is 13.8. The molecule has 0 N–H and O–H groups in total. The summed E-state index contributed by atoms with van der Waals surface area (Å²) in [6, 6.07) is 5.63. The van der Waals surface area contributed by atoms with Gasteiger partial charge in [0.15, 0.2) is 0 Å². The van der Waals surface area contributed by atoms with Gasteiger partial charge in [0, 0.05) is 17.8 Å². The third-order valence-corrected chi connectivity index (χ3v) is 4.89. The van der Waals surface area contributed by atoms with Gasteiger partial charge >= 0.3 is 17.9 Å². The average Bonchev–Trinajstić information content (AvgIpc) is 2.72. The molecule has 2 heterocycles. The molecule has 0 saturated carbocycles. The second-order valence-electron chi connectivity index (χ2n) is 6.37. The summed E-state index contributed by atoms with van der Waals surface area (Å²) in [5.41, 5.74) is 1.05. The van der Waals surface area contributed by atoms with Gasteiger partial charge in [-0.05, 0) is 12.5 Å². The van der Waals surface area contributed by atoms with E-state index in [4.69, 9.17) is 14.2 Å². The third kappa shape index (κ3) is 3.44. The summed E-state index contributed by atoms with van der Waals surface area (Å²) in [4.78, 5) is 49.4. The zero-order chi connectivity index (χ0) is 21.3. The van der Waals surface area contributed by atoms with E-state index in [1.54, 1.807) is 13.0 Å². The molecular weight excluding hydrogens is 384 g/mol. The van der Waals surface area contributed by atoms with Crippen LogP contribution in [-0.4, -0.2) is 55.1 Å². The number of carbonyl (C=O) groups excluding carboxylic acids is 3. The van der Waals surface area contributed by atoms with Crippen molar-refractivity contribution in [2.45, 2.75) is 12.8 Å². The maximum Gasteiger partial charge on any atom is 0.336 e. The summed E-state index contributed by atoms with van der Waals surface area (Å²) >= 11 is 0. The van der Waals surface area contributed by atoms with Crippen molar-refractivity contribution in [1.29, 1.82) is 0 Å². The molecule has 1 aromatic carbocycles. The number of nitrogens with zero attached hydrogens (tertiary/aromatic N) is 2. The Balaban J connectivity index is 2.30. The van der Waals surface area contributed by atoms with Crippen LogP contribution in [0.2, 0.25) is 0 Å². The largest absolute Gasteiger partial charge is 0.466 e. The molecule has 1 fully saturated rings. The Morgan fingerprint density at radius 1 is 1.21 bits per heavy atom. The van der Waals surface area contributed by atoms with Crippen LogP contribution in [-0.2, 0) is 28.6 Å². The van der Waals surface area contributed by atoms with Gasteiger partial charge in [0.05, 0.1) is 41.9 Å². The number of methoxy groups -OCH3 is 2. The number of rotatable bonds is 4. The van der Waals surface area contributed by atoms with E-state index >= 15 is 0 Å². The van der Waals surface area contributed by atoms with Gasteiger partial charge in [-0.1, -0.05) is 12.1 Å². The number of non-ortho nitro benzene ring substituents is 1. The number of hydrogen-bond acceptors (Lipinski definition) is 9. The number of hydrogen-bond donors (Lipinski definition) is 0. The highest BCUT2D eigenvalue weighted by Gasteiger charge is 2.43. The van der Waals surface area contributed by atoms with Crippen LogP contribution in [0.1, 0.15) is 18.4 Å². The number of benzene rings is 1. The van der Waals surface area contributed by atoms with Crippen LogP contribution in [0.15, 0.2) is 46.8 Å². The van der Waals surface area contributed by atoms with Gasteiger partial charge in [-0.3, -0.25) is 14.9 Å². The SMILES string of the molecule is COC(=O)C1=C(C)N2CC(=O)OCC2=C(C(=O)OC)C1c1cccc([N+](=O)[O-])c1. The van der Waals surface area contributed by atoms with Gasteiger partial charge in [-0.25, -0.2) is 9.59 Å². The Bertz CT molecular complexity index is 978. The Morgan fingerprint density at radius 3 is 2.48 bits per heavy atom. The summed E-state index contributed by atoms with van der Waals surface area (Å²) in [5, 5.41) is 11.2. The number of allylic oxidation sites excluding steroid dienone is 1. The molecule has 2 aliphatic heterocycles. The summed E-state index contributed by atoms with van der Waals surface area (Å²) in [5.74, 6) is -2.97. The van der Waals surface area contributed by atoms with Crippen LogP contribution in [0.3, 0.4) is 0 Å². The van der Waals surface area contributed by atoms with E-state index in [2.05, 4.69) is 0 Å². The van der Waals surface area contributed by atoms with Gasteiger partial charge < -0.3 is 19.1 Å². The van der Waals surface area contributed by atoms with Gasteiger partial charge in [0.2, 0.25) is 0 Å². The summed E-state index contributed by atoms with van der Waals surface area (Å²) in [6.07, 6.45) is 0. The fourth-order valence-corrected chi connectivity index (χ4v) is 3.58. The second kappa shape index (κ2) is 7.74. The molecule has 152 valence electrons. The molecule has 0 aliphatic carbocycles. The summed E-state index contributed by atoms with van der Waals surface area (Å²) < 4.78 is 14.9. The van der Waals surface area contributed by atoms with E-state index in [1.807, 2.05) is 0 Å². The smallest absolute Gasteiger partial charge is 0.336 e. The maximum absolute atomic E-state index is 12.7. The molecular formula is C19H18N2O8.